The van der Waals surface area contributed by atoms with Gasteiger partial charge in [-0.1, -0.05) is 13.0 Å². The number of methoxy groups -OCH3 is 1. The Balaban J connectivity index is 3.69. The van der Waals surface area contributed by atoms with Crippen LogP contribution < -0.4 is 0 Å². The van der Waals surface area contributed by atoms with Crippen molar-refractivity contribution in [2.75, 3.05) is 13.7 Å². The van der Waals surface area contributed by atoms with Crippen molar-refractivity contribution in [2.45, 2.75) is 26.7 Å². The molecule has 0 amide bonds. The van der Waals surface area contributed by atoms with Gasteiger partial charge in [-0.05, 0) is 19.8 Å². The van der Waals surface area contributed by atoms with Crippen molar-refractivity contribution in [2.24, 2.45) is 5.92 Å². The van der Waals surface area contributed by atoms with Gasteiger partial charge in [0.15, 0.2) is 0 Å². The lowest BCUT2D eigenvalue weighted by molar-refractivity contribution is -0.145. The van der Waals surface area contributed by atoms with Crippen LogP contribution in [0, 0.1) is 5.92 Å². The van der Waals surface area contributed by atoms with Crippen LogP contribution >= 0.6 is 0 Å². The van der Waals surface area contributed by atoms with Crippen molar-refractivity contribution in [1.29, 1.82) is 0 Å². The van der Waals surface area contributed by atoms with Crippen molar-refractivity contribution >= 4 is 11.9 Å². The second-order valence-corrected chi connectivity index (χ2v) is 3.16. The Kier molecular flexibility index (Phi) is 7.32. The van der Waals surface area contributed by atoms with Gasteiger partial charge in [-0.2, -0.15) is 0 Å². The van der Waals surface area contributed by atoms with E-state index in [4.69, 9.17) is 4.74 Å². The molecular formula is C11H18O4. The van der Waals surface area contributed by atoms with E-state index in [1.54, 1.807) is 19.9 Å². The molecule has 0 aromatic rings. The van der Waals surface area contributed by atoms with Crippen molar-refractivity contribution in [3.05, 3.63) is 12.2 Å². The second-order valence-electron chi connectivity index (χ2n) is 3.16. The van der Waals surface area contributed by atoms with Crippen LogP contribution in [0.1, 0.15) is 26.7 Å². The zero-order valence-corrected chi connectivity index (χ0v) is 9.49. The third kappa shape index (κ3) is 6.71. The molecule has 0 saturated carbocycles. The average Bonchev–Trinajstić information content (AvgIpc) is 2.23. The number of carbonyl (C=O) groups excluding carboxylic acids is 2. The number of hydrogen-bond acceptors (Lipinski definition) is 4. The largest absolute Gasteiger partial charge is 0.469 e. The van der Waals surface area contributed by atoms with Gasteiger partial charge in [-0.25, -0.2) is 4.79 Å². The van der Waals surface area contributed by atoms with E-state index in [9.17, 15) is 9.59 Å². The Hall–Kier alpha value is -1.32. The minimum atomic E-state index is -0.344. The fourth-order valence-electron chi connectivity index (χ4n) is 1.04. The lowest BCUT2D eigenvalue weighted by Gasteiger charge is -2.05. The molecule has 0 aliphatic rings. The van der Waals surface area contributed by atoms with Crippen LogP contribution in [0.15, 0.2) is 12.2 Å². The standard InChI is InChI=1S/C11H18O4/c1-4-15-10(12)8-6-5-7-9(2)11(13)14-3/h6,8-9H,4-5,7H2,1-3H3/b8-6+/t9-/m0/s1. The second kappa shape index (κ2) is 8.03. The van der Waals surface area contributed by atoms with Crippen molar-refractivity contribution in [1.82, 2.24) is 0 Å². The smallest absolute Gasteiger partial charge is 0.330 e. The van der Waals surface area contributed by atoms with Crippen LogP contribution in [0.25, 0.3) is 0 Å². The summed E-state index contributed by atoms with van der Waals surface area (Å²) in [6.45, 7) is 3.93. The summed E-state index contributed by atoms with van der Waals surface area (Å²) in [6.07, 6.45) is 4.42. The molecule has 0 heterocycles. The first-order valence-corrected chi connectivity index (χ1v) is 5.03. The summed E-state index contributed by atoms with van der Waals surface area (Å²) in [5.41, 5.74) is 0. The Morgan fingerprint density at radius 1 is 1.40 bits per heavy atom. The Labute approximate surface area is 90.2 Å². The monoisotopic (exact) mass is 214 g/mol. The maximum Gasteiger partial charge on any atom is 0.330 e. The fourth-order valence-corrected chi connectivity index (χ4v) is 1.04. The van der Waals surface area contributed by atoms with Gasteiger partial charge >= 0.3 is 11.9 Å². The molecule has 0 saturated heterocycles. The minimum Gasteiger partial charge on any atom is -0.469 e. The van der Waals surface area contributed by atoms with Gasteiger partial charge in [-0.15, -0.1) is 0 Å². The summed E-state index contributed by atoms with van der Waals surface area (Å²) in [5, 5.41) is 0. The molecule has 1 atom stereocenters. The highest BCUT2D eigenvalue weighted by Gasteiger charge is 2.11. The summed E-state index contributed by atoms with van der Waals surface area (Å²) in [5.74, 6) is -0.704. The first kappa shape index (κ1) is 13.7. The topological polar surface area (TPSA) is 52.6 Å². The highest BCUT2D eigenvalue weighted by molar-refractivity contribution is 5.81. The molecule has 0 aliphatic heterocycles. The SMILES string of the molecule is CCOC(=O)/C=C/CC[C@H](C)C(=O)OC. The lowest BCUT2D eigenvalue weighted by Crippen LogP contribution is -2.12. The van der Waals surface area contributed by atoms with E-state index in [1.165, 1.54) is 13.2 Å². The van der Waals surface area contributed by atoms with Crippen molar-refractivity contribution < 1.29 is 19.1 Å². The van der Waals surface area contributed by atoms with Crippen LogP contribution in [0.2, 0.25) is 0 Å². The molecule has 0 spiro atoms. The zero-order chi connectivity index (χ0) is 11.7. The molecule has 0 rings (SSSR count). The average molecular weight is 214 g/mol. The molecule has 0 radical (unpaired) electrons. The maximum atomic E-state index is 11.0. The Morgan fingerprint density at radius 3 is 2.60 bits per heavy atom. The summed E-state index contributed by atoms with van der Waals surface area (Å²) in [6, 6.07) is 0. The number of carbonyl (C=O) groups is 2. The van der Waals surface area contributed by atoms with Gasteiger partial charge in [-0.3, -0.25) is 4.79 Å². The summed E-state index contributed by atoms with van der Waals surface area (Å²) < 4.78 is 9.27. The van der Waals surface area contributed by atoms with Crippen LogP contribution in [0.3, 0.4) is 0 Å². The maximum absolute atomic E-state index is 11.0. The molecule has 86 valence electrons. The van der Waals surface area contributed by atoms with E-state index in [0.717, 1.165) is 0 Å². The Morgan fingerprint density at radius 2 is 2.07 bits per heavy atom. The first-order chi connectivity index (χ1) is 7.11. The van der Waals surface area contributed by atoms with Gasteiger partial charge < -0.3 is 9.47 Å². The van der Waals surface area contributed by atoms with Crippen molar-refractivity contribution in [3.63, 3.8) is 0 Å². The predicted octanol–water partition coefficient (Wildman–Crippen LogP) is 1.70. The third-order valence-corrected chi connectivity index (χ3v) is 1.91. The van der Waals surface area contributed by atoms with Gasteiger partial charge in [0, 0.05) is 6.08 Å². The van der Waals surface area contributed by atoms with E-state index in [-0.39, 0.29) is 17.9 Å². The molecule has 0 aromatic carbocycles. The van der Waals surface area contributed by atoms with Crippen molar-refractivity contribution in [3.8, 4) is 0 Å². The molecule has 0 N–H and O–H groups in total. The molecule has 4 nitrogen and oxygen atoms in total. The number of rotatable bonds is 6. The minimum absolute atomic E-state index is 0.137. The van der Waals surface area contributed by atoms with Gasteiger partial charge in [0.25, 0.3) is 0 Å². The molecular weight excluding hydrogens is 196 g/mol. The molecule has 0 bridgehead atoms. The number of hydrogen-bond donors (Lipinski definition) is 0. The molecule has 15 heavy (non-hydrogen) atoms. The highest BCUT2D eigenvalue weighted by Crippen LogP contribution is 2.07. The van der Waals surface area contributed by atoms with Gasteiger partial charge in [0.2, 0.25) is 0 Å². The van der Waals surface area contributed by atoms with Gasteiger partial charge in [0.1, 0.15) is 0 Å². The Bertz CT molecular complexity index is 233. The van der Waals surface area contributed by atoms with Crippen LogP contribution in [0.4, 0.5) is 0 Å². The van der Waals surface area contributed by atoms with E-state index in [1.807, 2.05) is 0 Å². The normalized spacial score (nSPS) is 12.5. The number of esters is 2. The fraction of sp³-hybridized carbons (Fsp3) is 0.636. The lowest BCUT2D eigenvalue weighted by atomic mass is 10.1. The molecule has 0 aromatic heterocycles. The number of allylic oxidation sites excluding steroid dienone is 1. The predicted molar refractivity (Wildman–Crippen MR) is 56.2 cm³/mol. The summed E-state index contributed by atoms with van der Waals surface area (Å²) >= 11 is 0. The zero-order valence-electron chi connectivity index (χ0n) is 9.49. The van der Waals surface area contributed by atoms with Crippen LogP contribution in [-0.4, -0.2) is 25.7 Å². The summed E-state index contributed by atoms with van der Waals surface area (Å²) in [7, 11) is 1.37. The molecule has 0 unspecified atom stereocenters. The van der Waals surface area contributed by atoms with E-state index in [0.29, 0.717) is 19.4 Å². The number of ether oxygens (including phenoxy) is 2. The van der Waals surface area contributed by atoms with E-state index in [2.05, 4.69) is 4.74 Å². The van der Waals surface area contributed by atoms with E-state index < -0.39 is 0 Å². The molecule has 0 fully saturated rings. The third-order valence-electron chi connectivity index (χ3n) is 1.91. The molecule has 0 aliphatic carbocycles. The molecule has 4 heteroatoms. The first-order valence-electron chi connectivity index (χ1n) is 5.03. The van der Waals surface area contributed by atoms with Crippen LogP contribution in [-0.2, 0) is 19.1 Å². The highest BCUT2D eigenvalue weighted by atomic mass is 16.5. The van der Waals surface area contributed by atoms with Crippen LogP contribution in [0.5, 0.6) is 0 Å². The van der Waals surface area contributed by atoms with E-state index >= 15 is 0 Å². The summed E-state index contributed by atoms with van der Waals surface area (Å²) in [4.78, 5) is 21.9. The van der Waals surface area contributed by atoms with Gasteiger partial charge in [0.05, 0.1) is 19.6 Å². The quantitative estimate of drug-likeness (QED) is 0.498.